The molecule has 0 aromatic heterocycles. The van der Waals surface area contributed by atoms with Crippen molar-refractivity contribution in [3.63, 3.8) is 0 Å². The number of carbonyl (C=O) groups excluding carboxylic acids is 2. The Hall–Kier alpha value is -0.750. The SMILES string of the molecule is CN1CCN(C(=O)C2CSCN2C(=O)C2CCCC2)CC1. The van der Waals surface area contributed by atoms with Crippen molar-refractivity contribution < 1.29 is 9.59 Å². The molecule has 3 rings (SSSR count). The molecule has 1 saturated carbocycles. The van der Waals surface area contributed by atoms with E-state index in [2.05, 4.69) is 11.9 Å². The van der Waals surface area contributed by atoms with Crippen LogP contribution in [0.4, 0.5) is 0 Å². The Morgan fingerprint density at radius 2 is 1.67 bits per heavy atom. The first-order valence-electron chi connectivity index (χ1n) is 8.02. The van der Waals surface area contributed by atoms with E-state index in [-0.39, 0.29) is 23.8 Å². The molecule has 1 atom stereocenters. The lowest BCUT2D eigenvalue weighted by Gasteiger charge is -2.36. The first kappa shape index (κ1) is 15.2. The second-order valence-electron chi connectivity index (χ2n) is 6.43. The van der Waals surface area contributed by atoms with Gasteiger partial charge in [-0.2, -0.15) is 0 Å². The van der Waals surface area contributed by atoms with Gasteiger partial charge in [0.15, 0.2) is 0 Å². The monoisotopic (exact) mass is 311 g/mol. The normalized spacial score (nSPS) is 28.3. The van der Waals surface area contributed by atoms with Crippen LogP contribution in [0.15, 0.2) is 0 Å². The molecular formula is C15H25N3O2S. The molecule has 0 N–H and O–H groups in total. The van der Waals surface area contributed by atoms with Crippen LogP contribution < -0.4 is 0 Å². The highest BCUT2D eigenvalue weighted by atomic mass is 32.2. The summed E-state index contributed by atoms with van der Waals surface area (Å²) in [7, 11) is 2.09. The minimum atomic E-state index is -0.216. The minimum absolute atomic E-state index is 0.166. The minimum Gasteiger partial charge on any atom is -0.338 e. The number of carbonyl (C=O) groups is 2. The number of hydrogen-bond donors (Lipinski definition) is 0. The van der Waals surface area contributed by atoms with Gasteiger partial charge in [-0.3, -0.25) is 9.59 Å². The number of likely N-dealkylation sites (N-methyl/N-ethyl adjacent to an activating group) is 1. The molecule has 3 fully saturated rings. The van der Waals surface area contributed by atoms with E-state index in [9.17, 15) is 9.59 Å². The number of piperazine rings is 1. The fourth-order valence-corrected chi connectivity index (χ4v) is 4.66. The Kier molecular flexibility index (Phi) is 4.74. The average molecular weight is 311 g/mol. The van der Waals surface area contributed by atoms with Crippen LogP contribution in [0.1, 0.15) is 25.7 Å². The quantitative estimate of drug-likeness (QED) is 0.758. The maximum absolute atomic E-state index is 12.7. The van der Waals surface area contributed by atoms with E-state index in [1.165, 1.54) is 0 Å². The lowest BCUT2D eigenvalue weighted by Crippen LogP contribution is -2.55. The summed E-state index contributed by atoms with van der Waals surface area (Å²) in [6, 6.07) is -0.216. The molecule has 3 aliphatic rings. The number of nitrogens with zero attached hydrogens (tertiary/aromatic N) is 3. The van der Waals surface area contributed by atoms with Crippen molar-refractivity contribution in [3.05, 3.63) is 0 Å². The molecule has 6 heteroatoms. The molecule has 0 aromatic carbocycles. The molecule has 118 valence electrons. The Morgan fingerprint density at radius 3 is 2.33 bits per heavy atom. The standard InChI is InChI=1S/C15H25N3O2S/c1-16-6-8-17(9-7-16)15(20)13-10-21-11-18(13)14(19)12-4-2-3-5-12/h12-13H,2-11H2,1H3. The Bertz CT molecular complexity index is 404. The van der Waals surface area contributed by atoms with Gasteiger partial charge in [0, 0.05) is 37.8 Å². The zero-order valence-electron chi connectivity index (χ0n) is 12.8. The molecule has 1 aliphatic carbocycles. The molecule has 2 saturated heterocycles. The third-order valence-electron chi connectivity index (χ3n) is 4.97. The van der Waals surface area contributed by atoms with Crippen molar-refractivity contribution in [1.29, 1.82) is 0 Å². The Balaban J connectivity index is 1.63. The summed E-state index contributed by atoms with van der Waals surface area (Å²) in [6.07, 6.45) is 4.34. The highest BCUT2D eigenvalue weighted by molar-refractivity contribution is 7.99. The van der Waals surface area contributed by atoms with Gasteiger partial charge in [0.25, 0.3) is 0 Å². The summed E-state index contributed by atoms with van der Waals surface area (Å²) in [4.78, 5) is 31.4. The van der Waals surface area contributed by atoms with Gasteiger partial charge in [-0.15, -0.1) is 11.8 Å². The van der Waals surface area contributed by atoms with Crippen molar-refractivity contribution in [2.75, 3.05) is 44.9 Å². The molecule has 2 amide bonds. The van der Waals surface area contributed by atoms with Crippen LogP contribution in [0.25, 0.3) is 0 Å². The smallest absolute Gasteiger partial charge is 0.246 e. The topological polar surface area (TPSA) is 43.9 Å². The van der Waals surface area contributed by atoms with Gasteiger partial charge in [-0.05, 0) is 19.9 Å². The maximum atomic E-state index is 12.7. The first-order chi connectivity index (χ1) is 10.2. The molecule has 2 aliphatic heterocycles. The number of amides is 2. The van der Waals surface area contributed by atoms with Gasteiger partial charge in [-0.1, -0.05) is 12.8 Å². The Labute approximate surface area is 131 Å². The number of thioether (sulfide) groups is 1. The van der Waals surface area contributed by atoms with Crippen molar-refractivity contribution in [1.82, 2.24) is 14.7 Å². The van der Waals surface area contributed by atoms with Crippen LogP contribution in [-0.4, -0.2) is 77.4 Å². The van der Waals surface area contributed by atoms with Gasteiger partial charge in [0.05, 0.1) is 5.88 Å². The molecule has 0 aromatic rings. The largest absolute Gasteiger partial charge is 0.338 e. The number of hydrogen-bond acceptors (Lipinski definition) is 4. The van der Waals surface area contributed by atoms with E-state index in [1.807, 2.05) is 9.80 Å². The molecule has 5 nitrogen and oxygen atoms in total. The predicted molar refractivity (Wildman–Crippen MR) is 84.0 cm³/mol. The summed E-state index contributed by atoms with van der Waals surface area (Å²) < 4.78 is 0. The molecular weight excluding hydrogens is 286 g/mol. The zero-order chi connectivity index (χ0) is 14.8. The van der Waals surface area contributed by atoms with Gasteiger partial charge >= 0.3 is 0 Å². The maximum Gasteiger partial charge on any atom is 0.246 e. The summed E-state index contributed by atoms with van der Waals surface area (Å²) in [5, 5.41) is 0. The van der Waals surface area contributed by atoms with Crippen molar-refractivity contribution in [2.24, 2.45) is 5.92 Å². The fourth-order valence-electron chi connectivity index (χ4n) is 3.51. The van der Waals surface area contributed by atoms with Crippen LogP contribution in [0.5, 0.6) is 0 Å². The van der Waals surface area contributed by atoms with Crippen LogP contribution in [-0.2, 0) is 9.59 Å². The van der Waals surface area contributed by atoms with Crippen molar-refractivity contribution in [2.45, 2.75) is 31.7 Å². The molecule has 0 radical (unpaired) electrons. The van der Waals surface area contributed by atoms with E-state index in [0.29, 0.717) is 5.88 Å². The van der Waals surface area contributed by atoms with Gasteiger partial charge in [0.1, 0.15) is 6.04 Å². The van der Waals surface area contributed by atoms with Crippen LogP contribution in [0, 0.1) is 5.92 Å². The molecule has 2 heterocycles. The second kappa shape index (κ2) is 6.57. The summed E-state index contributed by atoms with van der Waals surface area (Å²) in [6.45, 7) is 3.45. The van der Waals surface area contributed by atoms with E-state index in [1.54, 1.807) is 11.8 Å². The number of rotatable bonds is 2. The van der Waals surface area contributed by atoms with E-state index in [4.69, 9.17) is 0 Å². The van der Waals surface area contributed by atoms with Gasteiger partial charge in [0.2, 0.25) is 11.8 Å². The predicted octanol–water partition coefficient (Wildman–Crippen LogP) is 0.852. The van der Waals surface area contributed by atoms with Crippen molar-refractivity contribution in [3.8, 4) is 0 Å². The third-order valence-corrected chi connectivity index (χ3v) is 5.98. The highest BCUT2D eigenvalue weighted by Gasteiger charge is 2.40. The molecule has 1 unspecified atom stereocenters. The van der Waals surface area contributed by atoms with Crippen LogP contribution in [0.3, 0.4) is 0 Å². The van der Waals surface area contributed by atoms with E-state index < -0.39 is 0 Å². The van der Waals surface area contributed by atoms with E-state index in [0.717, 1.165) is 57.6 Å². The Morgan fingerprint density at radius 1 is 1.00 bits per heavy atom. The van der Waals surface area contributed by atoms with Gasteiger partial charge < -0.3 is 14.7 Å². The second-order valence-corrected chi connectivity index (χ2v) is 7.43. The summed E-state index contributed by atoms with van der Waals surface area (Å²) in [5.74, 6) is 2.03. The van der Waals surface area contributed by atoms with Crippen molar-refractivity contribution >= 4 is 23.6 Å². The highest BCUT2D eigenvalue weighted by Crippen LogP contribution is 2.31. The third kappa shape index (κ3) is 3.21. The fraction of sp³-hybridized carbons (Fsp3) is 0.867. The van der Waals surface area contributed by atoms with Crippen LogP contribution in [0.2, 0.25) is 0 Å². The lowest BCUT2D eigenvalue weighted by molar-refractivity contribution is -0.146. The zero-order valence-corrected chi connectivity index (χ0v) is 13.6. The lowest BCUT2D eigenvalue weighted by atomic mass is 10.1. The first-order valence-corrected chi connectivity index (χ1v) is 9.18. The average Bonchev–Trinajstić information content (AvgIpc) is 3.18. The van der Waals surface area contributed by atoms with E-state index >= 15 is 0 Å². The molecule has 0 spiro atoms. The van der Waals surface area contributed by atoms with Gasteiger partial charge in [-0.25, -0.2) is 0 Å². The summed E-state index contributed by atoms with van der Waals surface area (Å²) in [5.41, 5.74) is 0. The molecule has 21 heavy (non-hydrogen) atoms. The molecule has 0 bridgehead atoms. The van der Waals surface area contributed by atoms with Crippen LogP contribution >= 0.6 is 11.8 Å². The summed E-state index contributed by atoms with van der Waals surface area (Å²) >= 11 is 1.72.